The van der Waals surface area contributed by atoms with E-state index in [0.29, 0.717) is 0 Å². The van der Waals surface area contributed by atoms with E-state index in [0.717, 1.165) is 55.3 Å². The largest absolute Gasteiger partial charge is 0.455 e. The van der Waals surface area contributed by atoms with Crippen LogP contribution in [-0.2, 0) is 0 Å². The molecule has 0 radical (unpaired) electrons. The quantitative estimate of drug-likeness (QED) is 0.185. The van der Waals surface area contributed by atoms with Crippen LogP contribution >= 0.6 is 11.3 Å². The Morgan fingerprint density at radius 1 is 0.380 bits per heavy atom. The van der Waals surface area contributed by atoms with Crippen LogP contribution < -0.4 is 0 Å². The average Bonchev–Trinajstić information content (AvgIpc) is 3.77. The van der Waals surface area contributed by atoms with Gasteiger partial charge in [-0.05, 0) is 87.5 Å². The molecule has 0 fully saturated rings. The molecule has 0 bridgehead atoms. The molecule has 0 N–H and O–H groups in total. The topological polar surface area (TPSA) is 38.9 Å². The van der Waals surface area contributed by atoms with Gasteiger partial charge in [0, 0.05) is 72.4 Å². The molecule has 6 aromatic carbocycles. The smallest absolute Gasteiger partial charge is 0.143 e. The van der Waals surface area contributed by atoms with Crippen LogP contribution in [-0.4, -0.2) is 9.97 Å². The maximum absolute atomic E-state index is 6.48. The first-order chi connectivity index (χ1) is 24.8. The minimum absolute atomic E-state index is 0.916. The minimum atomic E-state index is 0.916. The first kappa shape index (κ1) is 28.6. The Hall–Kier alpha value is -6.36. The number of para-hydroxylation sites is 2. The van der Waals surface area contributed by atoms with E-state index in [1.54, 1.807) is 0 Å². The average molecular weight is 657 g/mol. The van der Waals surface area contributed by atoms with Crippen LogP contribution in [0.15, 0.2) is 175 Å². The Labute approximate surface area is 292 Å². The highest BCUT2D eigenvalue weighted by Gasteiger charge is 2.18. The van der Waals surface area contributed by atoms with E-state index in [1.165, 1.54) is 42.4 Å². The first-order valence-corrected chi connectivity index (χ1v) is 17.5. The Kier molecular flexibility index (Phi) is 6.68. The Morgan fingerprint density at radius 2 is 0.980 bits per heavy atom. The first-order valence-electron chi connectivity index (χ1n) is 16.7. The predicted molar refractivity (Wildman–Crippen MR) is 209 cm³/mol. The highest BCUT2D eigenvalue weighted by molar-refractivity contribution is 7.26. The number of benzene rings is 6. The highest BCUT2D eigenvalue weighted by Crippen LogP contribution is 2.46. The lowest BCUT2D eigenvalue weighted by Gasteiger charge is -2.12. The summed E-state index contributed by atoms with van der Waals surface area (Å²) in [6.07, 6.45) is 7.44. The Bertz CT molecular complexity index is 2810. The van der Waals surface area contributed by atoms with Gasteiger partial charge < -0.3 is 4.42 Å². The van der Waals surface area contributed by atoms with E-state index in [4.69, 9.17) is 4.42 Å². The summed E-state index contributed by atoms with van der Waals surface area (Å²) in [5.74, 6) is 0. The van der Waals surface area contributed by atoms with Crippen molar-refractivity contribution >= 4 is 53.4 Å². The summed E-state index contributed by atoms with van der Waals surface area (Å²) in [4.78, 5) is 8.65. The Balaban J connectivity index is 1.13. The molecule has 0 spiro atoms. The van der Waals surface area contributed by atoms with Crippen molar-refractivity contribution in [1.82, 2.24) is 9.97 Å². The van der Waals surface area contributed by atoms with Gasteiger partial charge in [-0.25, -0.2) is 0 Å². The van der Waals surface area contributed by atoms with Crippen molar-refractivity contribution in [3.63, 3.8) is 0 Å². The number of nitrogens with zero attached hydrogens (tertiary/aromatic N) is 2. The SMILES string of the molecule is c1cncc(-c2cc(-c3ccncc3)cc(-c3cccc(-c4cccc5c4sc4c(-c6cccc7c6oc6ccccc67)cccc45)c3)c2)c1. The van der Waals surface area contributed by atoms with Crippen LogP contribution in [0, 0.1) is 0 Å². The molecule has 4 aromatic heterocycles. The fourth-order valence-electron chi connectivity index (χ4n) is 7.29. The molecule has 10 rings (SSSR count). The Morgan fingerprint density at radius 3 is 1.78 bits per heavy atom. The number of pyridine rings is 2. The number of aromatic nitrogens is 2. The third-order valence-corrected chi connectivity index (χ3v) is 11.0. The molecule has 4 heteroatoms. The summed E-state index contributed by atoms with van der Waals surface area (Å²) in [6.45, 7) is 0. The van der Waals surface area contributed by atoms with Gasteiger partial charge in [0.15, 0.2) is 0 Å². The van der Waals surface area contributed by atoms with Crippen molar-refractivity contribution in [1.29, 1.82) is 0 Å². The zero-order valence-corrected chi connectivity index (χ0v) is 27.7. The highest BCUT2D eigenvalue weighted by atomic mass is 32.1. The summed E-state index contributed by atoms with van der Waals surface area (Å²) in [6, 6.07) is 52.1. The molecule has 0 atom stereocenters. The van der Waals surface area contributed by atoms with Gasteiger partial charge in [-0.15, -0.1) is 11.3 Å². The molecular formula is C46H28N2OS. The molecule has 0 saturated carbocycles. The molecule has 0 aliphatic heterocycles. The zero-order valence-electron chi connectivity index (χ0n) is 26.9. The summed E-state index contributed by atoms with van der Waals surface area (Å²) < 4.78 is 9.03. The van der Waals surface area contributed by atoms with Gasteiger partial charge in [0.05, 0.1) is 0 Å². The number of hydrogen-bond acceptors (Lipinski definition) is 4. The van der Waals surface area contributed by atoms with E-state index in [2.05, 4.69) is 143 Å². The monoisotopic (exact) mass is 656 g/mol. The molecule has 0 aliphatic carbocycles. The standard InChI is InChI=1S/C46H28N2OS/c1-2-18-43-37(11-1)38-13-5-14-39(44(38)49-43)40-15-6-17-42-41-16-4-12-36(45(41)50-46(40)42)31-9-3-8-30(24-31)34-25-33(29-19-22-47-23-20-29)26-35(27-34)32-10-7-21-48-28-32/h1-28H. The summed E-state index contributed by atoms with van der Waals surface area (Å²) >= 11 is 1.87. The van der Waals surface area contributed by atoms with E-state index in [-0.39, 0.29) is 0 Å². The van der Waals surface area contributed by atoms with E-state index in [9.17, 15) is 0 Å². The zero-order chi connectivity index (χ0) is 33.0. The van der Waals surface area contributed by atoms with Crippen molar-refractivity contribution in [3.05, 3.63) is 170 Å². The second kappa shape index (κ2) is 11.7. The van der Waals surface area contributed by atoms with E-state index >= 15 is 0 Å². The van der Waals surface area contributed by atoms with Gasteiger partial charge in [-0.1, -0.05) is 97.1 Å². The van der Waals surface area contributed by atoms with E-state index in [1.807, 2.05) is 48.3 Å². The van der Waals surface area contributed by atoms with Crippen molar-refractivity contribution in [2.24, 2.45) is 0 Å². The molecule has 0 amide bonds. The third-order valence-electron chi connectivity index (χ3n) is 9.67. The van der Waals surface area contributed by atoms with Crippen LogP contribution in [0.3, 0.4) is 0 Å². The normalized spacial score (nSPS) is 11.6. The number of thiophene rings is 1. The van der Waals surface area contributed by atoms with Crippen molar-refractivity contribution in [2.45, 2.75) is 0 Å². The molecule has 0 aliphatic rings. The maximum Gasteiger partial charge on any atom is 0.143 e. The lowest BCUT2D eigenvalue weighted by atomic mass is 9.92. The van der Waals surface area contributed by atoms with Gasteiger partial charge in [-0.3, -0.25) is 9.97 Å². The summed E-state index contributed by atoms with van der Waals surface area (Å²) in [5.41, 5.74) is 13.4. The molecule has 4 heterocycles. The lowest BCUT2D eigenvalue weighted by Crippen LogP contribution is -1.88. The van der Waals surface area contributed by atoms with Gasteiger partial charge in [-0.2, -0.15) is 0 Å². The van der Waals surface area contributed by atoms with Gasteiger partial charge >= 0.3 is 0 Å². The number of hydrogen-bond donors (Lipinski definition) is 0. The summed E-state index contributed by atoms with van der Waals surface area (Å²) in [5, 5.41) is 4.83. The van der Waals surface area contributed by atoms with Gasteiger partial charge in [0.1, 0.15) is 11.2 Å². The number of furan rings is 1. The molecule has 0 saturated heterocycles. The van der Waals surface area contributed by atoms with E-state index < -0.39 is 0 Å². The predicted octanol–water partition coefficient (Wildman–Crippen LogP) is 13.1. The van der Waals surface area contributed by atoms with Crippen LogP contribution in [0.4, 0.5) is 0 Å². The fourth-order valence-corrected chi connectivity index (χ4v) is 8.65. The molecule has 234 valence electrons. The molecule has 0 unspecified atom stereocenters. The number of fused-ring (bicyclic) bond motifs is 6. The van der Waals surface area contributed by atoms with Crippen LogP contribution in [0.2, 0.25) is 0 Å². The van der Waals surface area contributed by atoms with Crippen molar-refractivity contribution in [2.75, 3.05) is 0 Å². The molecule has 50 heavy (non-hydrogen) atoms. The maximum atomic E-state index is 6.48. The second-order valence-corrected chi connectivity index (χ2v) is 13.6. The molecular weight excluding hydrogens is 629 g/mol. The van der Waals surface area contributed by atoms with Gasteiger partial charge in [0.2, 0.25) is 0 Å². The summed E-state index contributed by atoms with van der Waals surface area (Å²) in [7, 11) is 0. The fraction of sp³-hybridized carbons (Fsp3) is 0. The minimum Gasteiger partial charge on any atom is -0.455 e. The molecule has 3 nitrogen and oxygen atoms in total. The van der Waals surface area contributed by atoms with Crippen LogP contribution in [0.25, 0.3) is 97.7 Å². The van der Waals surface area contributed by atoms with Crippen molar-refractivity contribution in [3.8, 4) is 55.6 Å². The second-order valence-electron chi connectivity index (χ2n) is 12.6. The third kappa shape index (κ3) is 4.73. The van der Waals surface area contributed by atoms with Crippen molar-refractivity contribution < 1.29 is 4.42 Å². The molecule has 10 aromatic rings. The van der Waals surface area contributed by atoms with Crippen LogP contribution in [0.1, 0.15) is 0 Å². The number of rotatable bonds is 5. The van der Waals surface area contributed by atoms with Crippen LogP contribution in [0.5, 0.6) is 0 Å². The lowest BCUT2D eigenvalue weighted by molar-refractivity contribution is 0.670. The van der Waals surface area contributed by atoms with Gasteiger partial charge in [0.25, 0.3) is 0 Å².